The summed E-state index contributed by atoms with van der Waals surface area (Å²) in [5, 5.41) is 0. The van der Waals surface area contributed by atoms with Crippen molar-refractivity contribution < 1.29 is 9.36 Å². The molecule has 0 saturated heterocycles. The maximum absolute atomic E-state index is 12.5. The Morgan fingerprint density at radius 3 is 2.50 bits per heavy atom. The Kier molecular flexibility index (Phi) is 4.87. The molecule has 3 aromatic rings. The summed E-state index contributed by atoms with van der Waals surface area (Å²) in [4.78, 5) is 12.5. The molecule has 2 N–H and O–H groups in total. The van der Waals surface area contributed by atoms with Crippen LogP contribution in [0.2, 0.25) is 0 Å². The van der Waals surface area contributed by atoms with Crippen molar-refractivity contribution in [1.82, 2.24) is 4.57 Å². The number of rotatable bonds is 4. The topological polar surface area (TPSA) is 51.9 Å². The normalized spacial score (nSPS) is 10.8. The van der Waals surface area contributed by atoms with Gasteiger partial charge in [-0.1, -0.05) is 56.1 Å². The van der Waals surface area contributed by atoms with Crippen LogP contribution in [0.3, 0.4) is 0 Å². The molecule has 0 atom stereocenters. The lowest BCUT2D eigenvalue weighted by molar-refractivity contribution is -0.667. The van der Waals surface area contributed by atoms with E-state index in [-0.39, 0.29) is 12.3 Å². The Labute approximate surface area is 157 Å². The van der Waals surface area contributed by atoms with Gasteiger partial charge in [0.15, 0.2) is 5.78 Å². The van der Waals surface area contributed by atoms with Crippen molar-refractivity contribution in [2.24, 2.45) is 7.05 Å². The van der Waals surface area contributed by atoms with Gasteiger partial charge in [0.1, 0.15) is 18.4 Å². The molecule has 0 aliphatic carbocycles. The highest BCUT2D eigenvalue weighted by Crippen LogP contribution is 2.23. The number of nitrogens with two attached hydrogens (primary N) is 1. The fourth-order valence-corrected chi connectivity index (χ4v) is 3.20. The monoisotopic (exact) mass is 448 g/mol. The number of Topliss-reactive ketones (excluding diaryl/α,β-unsaturated/α-hetero) is 1. The van der Waals surface area contributed by atoms with Crippen molar-refractivity contribution in [2.75, 3.05) is 5.73 Å². The summed E-state index contributed by atoms with van der Waals surface area (Å²) in [6, 6.07) is 15.3. The Balaban J connectivity index is 1.91. The summed E-state index contributed by atoms with van der Waals surface area (Å²) >= 11 is 6.85. The number of nitrogen functional groups attached to an aromatic ring is 1. The Morgan fingerprint density at radius 2 is 1.83 bits per heavy atom. The molecule has 1 heterocycles. The summed E-state index contributed by atoms with van der Waals surface area (Å²) in [5.74, 6) is 0.557. The largest absolute Gasteiger partial charge is 0.355 e. The van der Waals surface area contributed by atoms with Crippen LogP contribution < -0.4 is 10.3 Å². The van der Waals surface area contributed by atoms with Crippen molar-refractivity contribution in [2.45, 2.75) is 6.54 Å². The van der Waals surface area contributed by atoms with E-state index in [4.69, 9.17) is 5.73 Å². The van der Waals surface area contributed by atoms with Crippen LogP contribution in [0.25, 0.3) is 11.3 Å². The summed E-state index contributed by atoms with van der Waals surface area (Å²) in [7, 11) is 1.90. The van der Waals surface area contributed by atoms with E-state index >= 15 is 0 Å². The van der Waals surface area contributed by atoms with Gasteiger partial charge in [0.05, 0.1) is 7.05 Å². The number of halogens is 2. The molecule has 0 bridgehead atoms. The zero-order valence-corrected chi connectivity index (χ0v) is 16.2. The number of hydrogen-bond acceptors (Lipinski definition) is 2. The average Bonchev–Trinajstić information content (AvgIpc) is 2.84. The van der Waals surface area contributed by atoms with Gasteiger partial charge in [-0.25, -0.2) is 9.13 Å². The fourth-order valence-electron chi connectivity index (χ4n) is 2.54. The van der Waals surface area contributed by atoms with Gasteiger partial charge in [0.2, 0.25) is 0 Å². The minimum atomic E-state index is 0.0191. The number of hydrogen-bond donors (Lipinski definition) is 1. The van der Waals surface area contributed by atoms with Crippen LogP contribution in [0, 0.1) is 0 Å². The Morgan fingerprint density at radius 1 is 1.12 bits per heavy atom. The smallest absolute Gasteiger partial charge is 0.291 e. The molecule has 24 heavy (non-hydrogen) atoms. The molecular weight excluding hydrogens is 434 g/mol. The van der Waals surface area contributed by atoms with E-state index in [9.17, 15) is 4.79 Å². The maximum atomic E-state index is 12.5. The predicted octanol–water partition coefficient (Wildman–Crippen LogP) is 3.97. The first-order valence-corrected chi connectivity index (χ1v) is 8.93. The average molecular weight is 450 g/mol. The van der Waals surface area contributed by atoms with Crippen LogP contribution >= 0.6 is 31.9 Å². The van der Waals surface area contributed by atoms with E-state index in [0.717, 1.165) is 20.2 Å². The van der Waals surface area contributed by atoms with Gasteiger partial charge < -0.3 is 0 Å². The van der Waals surface area contributed by atoms with Crippen molar-refractivity contribution in [1.29, 1.82) is 0 Å². The third-order valence-electron chi connectivity index (χ3n) is 3.88. The molecule has 0 radical (unpaired) electrons. The van der Waals surface area contributed by atoms with Gasteiger partial charge in [-0.3, -0.25) is 10.5 Å². The summed E-state index contributed by atoms with van der Waals surface area (Å²) in [5.41, 5.74) is 8.84. The summed E-state index contributed by atoms with van der Waals surface area (Å²) in [6.45, 7) is 0.204. The zero-order valence-electron chi connectivity index (χ0n) is 13.0. The van der Waals surface area contributed by atoms with Gasteiger partial charge in [-0.2, -0.15) is 0 Å². The molecule has 1 aromatic heterocycles. The second kappa shape index (κ2) is 6.91. The minimum absolute atomic E-state index is 0.0191. The summed E-state index contributed by atoms with van der Waals surface area (Å²) < 4.78 is 5.61. The van der Waals surface area contributed by atoms with Gasteiger partial charge in [-0.05, 0) is 24.3 Å². The highest BCUT2D eigenvalue weighted by molar-refractivity contribution is 9.10. The summed E-state index contributed by atoms with van der Waals surface area (Å²) in [6.07, 6.45) is 1.91. The van der Waals surface area contributed by atoms with E-state index in [0.29, 0.717) is 11.5 Å². The van der Waals surface area contributed by atoms with E-state index in [1.807, 2.05) is 54.2 Å². The number of anilines is 1. The first-order chi connectivity index (χ1) is 11.5. The Bertz CT molecular complexity index is 901. The van der Waals surface area contributed by atoms with Crippen LogP contribution in [0.4, 0.5) is 5.95 Å². The molecule has 2 aromatic carbocycles. The van der Waals surface area contributed by atoms with Crippen molar-refractivity contribution in [3.63, 3.8) is 0 Å². The SMILES string of the molecule is Cn1c(-c2cccc(Br)c2)c[n+](CC(=O)c2ccc(Br)cc2)c1N. The van der Waals surface area contributed by atoms with Crippen molar-refractivity contribution >= 4 is 43.6 Å². The van der Waals surface area contributed by atoms with Crippen molar-refractivity contribution in [3.8, 4) is 11.3 Å². The standard InChI is InChI=1S/C18H15Br2N3O/c1-22-16(13-3-2-4-15(20)9-13)10-23(18(22)21)11-17(24)12-5-7-14(19)8-6-12/h2-10,21H,11H2,1H3/p+1. The molecule has 0 amide bonds. The number of benzene rings is 2. The fraction of sp³-hybridized carbons (Fsp3) is 0.111. The number of imidazole rings is 1. The van der Waals surface area contributed by atoms with Crippen LogP contribution in [0.15, 0.2) is 63.7 Å². The lowest BCUT2D eigenvalue weighted by Gasteiger charge is -2.00. The molecule has 0 unspecified atom stereocenters. The number of carbonyl (C=O) groups is 1. The molecule has 0 spiro atoms. The lowest BCUT2D eigenvalue weighted by atomic mass is 10.1. The number of nitrogens with zero attached hydrogens (tertiary/aromatic N) is 2. The molecule has 0 fully saturated rings. The Hall–Kier alpha value is -1.92. The number of aromatic nitrogens is 2. The molecule has 0 aliphatic rings. The van der Waals surface area contributed by atoms with Crippen molar-refractivity contribution in [3.05, 3.63) is 69.2 Å². The quantitative estimate of drug-likeness (QED) is 0.484. The van der Waals surface area contributed by atoms with Crippen LogP contribution in [0.5, 0.6) is 0 Å². The third-order valence-corrected chi connectivity index (χ3v) is 4.90. The molecule has 6 heteroatoms. The number of ketones is 1. The van der Waals surface area contributed by atoms with E-state index in [1.54, 1.807) is 16.7 Å². The molecular formula is C18H16Br2N3O+. The minimum Gasteiger partial charge on any atom is -0.291 e. The second-order valence-corrected chi connectivity index (χ2v) is 7.33. The molecule has 0 aliphatic heterocycles. The molecule has 4 nitrogen and oxygen atoms in total. The van der Waals surface area contributed by atoms with Gasteiger partial charge in [-0.15, -0.1) is 0 Å². The molecule has 3 rings (SSSR count). The second-order valence-electron chi connectivity index (χ2n) is 5.50. The maximum Gasteiger partial charge on any atom is 0.355 e. The van der Waals surface area contributed by atoms with Gasteiger partial charge >= 0.3 is 5.95 Å². The van der Waals surface area contributed by atoms with E-state index < -0.39 is 0 Å². The first kappa shape index (κ1) is 16.9. The van der Waals surface area contributed by atoms with Gasteiger partial charge in [0.25, 0.3) is 0 Å². The van der Waals surface area contributed by atoms with Crippen LogP contribution in [0.1, 0.15) is 10.4 Å². The highest BCUT2D eigenvalue weighted by Gasteiger charge is 2.20. The van der Waals surface area contributed by atoms with Crippen LogP contribution in [-0.2, 0) is 13.6 Å². The third kappa shape index (κ3) is 3.44. The first-order valence-electron chi connectivity index (χ1n) is 7.35. The van der Waals surface area contributed by atoms with Crippen LogP contribution in [-0.4, -0.2) is 10.4 Å². The zero-order chi connectivity index (χ0) is 17.3. The lowest BCUT2D eigenvalue weighted by Crippen LogP contribution is -2.39. The predicted molar refractivity (Wildman–Crippen MR) is 102 cm³/mol. The number of carbonyl (C=O) groups excluding carboxylic acids is 1. The molecule has 122 valence electrons. The van der Waals surface area contributed by atoms with E-state index in [1.165, 1.54) is 0 Å². The highest BCUT2D eigenvalue weighted by atomic mass is 79.9. The van der Waals surface area contributed by atoms with E-state index in [2.05, 4.69) is 31.9 Å². The van der Waals surface area contributed by atoms with Gasteiger partial charge in [0, 0.05) is 20.1 Å². The molecule has 0 saturated carbocycles.